The molecule has 1 aliphatic rings. The van der Waals surface area contributed by atoms with Gasteiger partial charge >= 0.3 is 0 Å². The van der Waals surface area contributed by atoms with Gasteiger partial charge in [-0.25, -0.2) is 9.53 Å². The van der Waals surface area contributed by atoms with Crippen LogP contribution < -0.4 is 4.90 Å². The molecule has 1 fully saturated rings. The Morgan fingerprint density at radius 3 is 2.67 bits per heavy atom. The zero-order valence-electron chi connectivity index (χ0n) is 13.5. The van der Waals surface area contributed by atoms with Crippen LogP contribution in [-0.4, -0.2) is 30.9 Å². The van der Waals surface area contributed by atoms with Crippen LogP contribution >= 0.6 is 11.8 Å². The summed E-state index contributed by atoms with van der Waals surface area (Å²) in [6.07, 6.45) is 4.91. The first-order valence-corrected chi connectivity index (χ1v) is 8.39. The maximum absolute atomic E-state index is 12.8. The third-order valence-corrected chi connectivity index (χ3v) is 4.61. The number of amides is 1. The van der Waals surface area contributed by atoms with E-state index in [0.717, 1.165) is 16.7 Å². The SMILES string of the molecule is N=C1S/C(=C\c2cccc([N+](=O)[O-])c2)C(=O)N1c1nonc1-n1cccc1. The molecule has 11 heteroatoms. The largest absolute Gasteiger partial charge is 0.303 e. The zero-order chi connectivity index (χ0) is 19.0. The van der Waals surface area contributed by atoms with E-state index in [9.17, 15) is 14.9 Å². The number of hydrogen-bond donors (Lipinski definition) is 1. The molecule has 3 aromatic rings. The molecule has 0 saturated carbocycles. The van der Waals surface area contributed by atoms with Gasteiger partial charge in [-0.15, -0.1) is 0 Å². The lowest BCUT2D eigenvalue weighted by atomic mass is 10.2. The van der Waals surface area contributed by atoms with Crippen molar-refractivity contribution in [3.63, 3.8) is 0 Å². The number of anilines is 1. The third kappa shape index (κ3) is 3.00. The summed E-state index contributed by atoms with van der Waals surface area (Å²) in [5.74, 6) is -0.118. The highest BCUT2D eigenvalue weighted by Gasteiger charge is 2.37. The molecule has 0 radical (unpaired) electrons. The smallest absolute Gasteiger partial charge is 0.272 e. The number of carbonyl (C=O) groups excluding carboxylic acids is 1. The molecule has 0 unspecified atom stereocenters. The van der Waals surface area contributed by atoms with Crippen LogP contribution in [0.1, 0.15) is 5.56 Å². The van der Waals surface area contributed by atoms with Crippen LogP contribution in [0.15, 0.2) is 58.3 Å². The maximum atomic E-state index is 12.8. The number of nitrogens with one attached hydrogen (secondary N) is 1. The van der Waals surface area contributed by atoms with Gasteiger partial charge in [-0.05, 0) is 45.8 Å². The molecule has 1 aromatic carbocycles. The second-order valence-corrected chi connectivity index (χ2v) is 6.44. The highest BCUT2D eigenvalue weighted by Crippen LogP contribution is 2.36. The van der Waals surface area contributed by atoms with E-state index in [1.807, 2.05) is 0 Å². The fraction of sp³-hybridized carbons (Fsp3) is 0. The molecule has 10 nitrogen and oxygen atoms in total. The van der Waals surface area contributed by atoms with Gasteiger partial charge in [0.25, 0.3) is 11.6 Å². The van der Waals surface area contributed by atoms with E-state index in [2.05, 4.69) is 10.3 Å². The normalized spacial score (nSPS) is 15.7. The van der Waals surface area contributed by atoms with Gasteiger partial charge in [-0.1, -0.05) is 12.1 Å². The minimum atomic E-state index is -0.510. The summed E-state index contributed by atoms with van der Waals surface area (Å²) >= 11 is 0.927. The summed E-state index contributed by atoms with van der Waals surface area (Å²) in [7, 11) is 0. The Morgan fingerprint density at radius 1 is 1.19 bits per heavy atom. The van der Waals surface area contributed by atoms with Crippen LogP contribution in [0.2, 0.25) is 0 Å². The quantitative estimate of drug-likeness (QED) is 0.417. The van der Waals surface area contributed by atoms with E-state index >= 15 is 0 Å². The van der Waals surface area contributed by atoms with E-state index in [-0.39, 0.29) is 27.4 Å². The topological polar surface area (TPSA) is 131 Å². The predicted molar refractivity (Wildman–Crippen MR) is 97.5 cm³/mol. The van der Waals surface area contributed by atoms with Gasteiger partial charge in [0.15, 0.2) is 5.17 Å². The van der Waals surface area contributed by atoms with Crippen LogP contribution in [-0.2, 0) is 4.79 Å². The lowest BCUT2D eigenvalue weighted by Gasteiger charge is -2.11. The number of aromatic nitrogens is 3. The standard InChI is InChI=1S/C16H10N6O4S/c17-16-21(14-13(18-26-19-14)20-6-1-2-7-20)15(23)12(27-16)9-10-4-3-5-11(8-10)22(24)25/h1-9,17H/b12-9-,17-16?. The monoisotopic (exact) mass is 382 g/mol. The molecule has 4 rings (SSSR count). The Balaban J connectivity index is 1.69. The molecule has 1 aliphatic heterocycles. The first kappa shape index (κ1) is 16.7. The van der Waals surface area contributed by atoms with E-state index in [1.54, 1.807) is 35.2 Å². The maximum Gasteiger partial charge on any atom is 0.272 e. The highest BCUT2D eigenvalue weighted by atomic mass is 32.2. The van der Waals surface area contributed by atoms with Crippen LogP contribution in [0.25, 0.3) is 11.9 Å². The molecule has 0 aliphatic carbocycles. The summed E-state index contributed by atoms with van der Waals surface area (Å²) < 4.78 is 6.37. The number of amidine groups is 1. The average molecular weight is 382 g/mol. The van der Waals surface area contributed by atoms with Crippen LogP contribution in [0.4, 0.5) is 11.5 Å². The van der Waals surface area contributed by atoms with Crippen molar-refractivity contribution in [1.29, 1.82) is 5.41 Å². The Hall–Kier alpha value is -3.73. The van der Waals surface area contributed by atoms with Crippen molar-refractivity contribution in [1.82, 2.24) is 14.9 Å². The Kier molecular flexibility index (Phi) is 4.05. The van der Waals surface area contributed by atoms with Crippen molar-refractivity contribution in [2.45, 2.75) is 0 Å². The molecule has 0 spiro atoms. The van der Waals surface area contributed by atoms with Gasteiger partial charge in [0.2, 0.25) is 11.6 Å². The van der Waals surface area contributed by atoms with E-state index in [1.165, 1.54) is 24.3 Å². The number of nitro benzene ring substituents is 1. The van der Waals surface area contributed by atoms with Crippen molar-refractivity contribution < 1.29 is 14.3 Å². The molecule has 134 valence electrons. The first-order chi connectivity index (χ1) is 13.0. The van der Waals surface area contributed by atoms with E-state index < -0.39 is 10.8 Å². The third-order valence-electron chi connectivity index (χ3n) is 3.72. The fourth-order valence-electron chi connectivity index (χ4n) is 2.52. The molecule has 1 N–H and O–H groups in total. The summed E-state index contributed by atoms with van der Waals surface area (Å²) in [6.45, 7) is 0. The van der Waals surface area contributed by atoms with Crippen molar-refractivity contribution in [3.8, 4) is 5.82 Å². The zero-order valence-corrected chi connectivity index (χ0v) is 14.3. The lowest BCUT2D eigenvalue weighted by molar-refractivity contribution is -0.384. The summed E-state index contributed by atoms with van der Waals surface area (Å²) in [4.78, 5) is 24.5. The Morgan fingerprint density at radius 2 is 1.93 bits per heavy atom. The molecule has 27 heavy (non-hydrogen) atoms. The van der Waals surface area contributed by atoms with E-state index in [4.69, 9.17) is 10.0 Å². The molecule has 0 atom stereocenters. The summed E-state index contributed by atoms with van der Waals surface area (Å²) in [5, 5.41) is 26.5. The highest BCUT2D eigenvalue weighted by molar-refractivity contribution is 8.19. The molecular formula is C16H10N6O4S. The van der Waals surface area contributed by atoms with Crippen LogP contribution in [0.3, 0.4) is 0 Å². The molecule has 1 saturated heterocycles. The molecule has 2 aromatic heterocycles. The van der Waals surface area contributed by atoms with Gasteiger partial charge < -0.3 is 4.57 Å². The molecular weight excluding hydrogens is 372 g/mol. The minimum Gasteiger partial charge on any atom is -0.303 e. The number of benzene rings is 1. The number of nitro groups is 1. The van der Waals surface area contributed by atoms with Crippen molar-refractivity contribution in [2.75, 3.05) is 4.90 Å². The van der Waals surface area contributed by atoms with Gasteiger partial charge in [-0.2, -0.15) is 0 Å². The first-order valence-electron chi connectivity index (χ1n) is 7.57. The number of nitrogens with zero attached hydrogens (tertiary/aromatic N) is 5. The summed E-state index contributed by atoms with van der Waals surface area (Å²) in [6, 6.07) is 9.45. The minimum absolute atomic E-state index is 0.0687. The second kappa shape index (κ2) is 6.53. The van der Waals surface area contributed by atoms with Crippen molar-refractivity contribution in [3.05, 3.63) is 69.4 Å². The molecule has 3 heterocycles. The lowest BCUT2D eigenvalue weighted by Crippen LogP contribution is -2.29. The van der Waals surface area contributed by atoms with Crippen molar-refractivity contribution in [2.24, 2.45) is 0 Å². The number of hydrogen-bond acceptors (Lipinski definition) is 8. The average Bonchev–Trinajstić information content (AvgIpc) is 3.36. The Labute approximate surface area is 155 Å². The number of rotatable bonds is 4. The Bertz CT molecular complexity index is 1090. The van der Waals surface area contributed by atoms with Crippen molar-refractivity contribution >= 4 is 40.4 Å². The van der Waals surface area contributed by atoms with Gasteiger partial charge in [0, 0.05) is 24.5 Å². The van der Waals surface area contributed by atoms with Crippen LogP contribution in [0.5, 0.6) is 0 Å². The number of thioether (sulfide) groups is 1. The van der Waals surface area contributed by atoms with E-state index in [0.29, 0.717) is 5.56 Å². The molecule has 0 bridgehead atoms. The molecule has 1 amide bonds. The number of carbonyl (C=O) groups is 1. The van der Waals surface area contributed by atoms with Gasteiger partial charge in [0.05, 0.1) is 9.83 Å². The number of non-ortho nitro benzene ring substituents is 1. The van der Waals surface area contributed by atoms with Gasteiger partial charge in [0.1, 0.15) is 0 Å². The van der Waals surface area contributed by atoms with Crippen LogP contribution in [0, 0.1) is 15.5 Å². The predicted octanol–water partition coefficient (Wildman–Crippen LogP) is 2.82. The summed E-state index contributed by atoms with van der Waals surface area (Å²) in [5.41, 5.74) is 0.404. The fourth-order valence-corrected chi connectivity index (χ4v) is 3.36. The van der Waals surface area contributed by atoms with Gasteiger partial charge in [-0.3, -0.25) is 20.3 Å². The second-order valence-electron chi connectivity index (χ2n) is 5.41.